The maximum absolute atomic E-state index is 10.9. The van der Waals surface area contributed by atoms with Crippen LogP contribution in [0.3, 0.4) is 0 Å². The van der Waals surface area contributed by atoms with Crippen LogP contribution in [0.5, 0.6) is 0 Å². The van der Waals surface area contributed by atoms with Gasteiger partial charge in [-0.25, -0.2) is 0 Å². The van der Waals surface area contributed by atoms with Crippen LogP contribution >= 0.6 is 12.4 Å². The minimum atomic E-state index is -0.315. The molecule has 2 N–H and O–H groups in total. The molecular formula is C13H20ClN3O2. The lowest BCUT2D eigenvalue weighted by Gasteiger charge is -2.30. The van der Waals surface area contributed by atoms with Crippen molar-refractivity contribution in [2.45, 2.75) is 32.4 Å². The molecule has 1 aliphatic heterocycles. The third-order valence-electron chi connectivity index (χ3n) is 3.64. The van der Waals surface area contributed by atoms with E-state index in [1.54, 1.807) is 12.1 Å². The minimum Gasteiger partial charge on any atom is -0.328 e. The molecule has 19 heavy (non-hydrogen) atoms. The second-order valence-electron chi connectivity index (χ2n) is 4.93. The fraction of sp³-hybridized carbons (Fsp3) is 0.538. The number of benzene rings is 1. The summed E-state index contributed by atoms with van der Waals surface area (Å²) in [6, 6.07) is 5.60. The van der Waals surface area contributed by atoms with E-state index in [1.807, 2.05) is 13.0 Å². The summed E-state index contributed by atoms with van der Waals surface area (Å²) in [5.74, 6) is 0. The fourth-order valence-electron chi connectivity index (χ4n) is 2.39. The fourth-order valence-corrected chi connectivity index (χ4v) is 2.39. The summed E-state index contributed by atoms with van der Waals surface area (Å²) in [5, 5.41) is 10.9. The molecule has 0 bridgehead atoms. The van der Waals surface area contributed by atoms with Crippen LogP contribution in [-0.4, -0.2) is 29.0 Å². The first-order valence-corrected chi connectivity index (χ1v) is 6.28. The predicted octanol–water partition coefficient (Wildman–Crippen LogP) is 2.25. The van der Waals surface area contributed by atoms with Crippen molar-refractivity contribution < 1.29 is 4.92 Å². The van der Waals surface area contributed by atoms with Crippen molar-refractivity contribution >= 4 is 18.1 Å². The Bertz CT molecular complexity index is 446. The largest absolute Gasteiger partial charge is 0.328 e. The molecule has 0 amide bonds. The molecule has 1 saturated heterocycles. The zero-order chi connectivity index (χ0) is 13.1. The van der Waals surface area contributed by atoms with E-state index < -0.39 is 0 Å². The summed E-state index contributed by atoms with van der Waals surface area (Å²) in [5.41, 5.74) is 7.89. The summed E-state index contributed by atoms with van der Waals surface area (Å²) in [6.07, 6.45) is 2.02. The van der Waals surface area contributed by atoms with Crippen LogP contribution in [0.4, 0.5) is 5.69 Å². The summed E-state index contributed by atoms with van der Waals surface area (Å²) >= 11 is 0. The van der Waals surface area contributed by atoms with Crippen molar-refractivity contribution in [2.24, 2.45) is 5.73 Å². The van der Waals surface area contributed by atoms with E-state index in [0.29, 0.717) is 6.04 Å². The molecule has 106 valence electrons. The summed E-state index contributed by atoms with van der Waals surface area (Å²) in [4.78, 5) is 12.9. The van der Waals surface area contributed by atoms with E-state index in [2.05, 4.69) is 4.90 Å². The van der Waals surface area contributed by atoms with Crippen LogP contribution in [0.15, 0.2) is 18.2 Å². The monoisotopic (exact) mass is 285 g/mol. The predicted molar refractivity (Wildman–Crippen MR) is 77.6 cm³/mol. The lowest BCUT2D eigenvalue weighted by Crippen LogP contribution is -2.39. The zero-order valence-corrected chi connectivity index (χ0v) is 11.9. The van der Waals surface area contributed by atoms with Crippen molar-refractivity contribution in [2.75, 3.05) is 13.1 Å². The molecule has 1 aromatic rings. The number of nitrogens with two attached hydrogens (primary N) is 1. The standard InChI is InChI=1S/C13H19N3O2.ClH/c1-10-11(3-2-4-13(10)16(17)18)9-15-7-5-12(14)6-8-15;/h2-4,12H,5-9,14H2,1H3;1H. The molecule has 2 rings (SSSR count). The van der Waals surface area contributed by atoms with Crippen molar-refractivity contribution in [3.63, 3.8) is 0 Å². The van der Waals surface area contributed by atoms with Gasteiger partial charge >= 0.3 is 0 Å². The number of nitro benzene ring substituents is 1. The first-order valence-electron chi connectivity index (χ1n) is 6.28. The third kappa shape index (κ3) is 3.89. The second kappa shape index (κ2) is 6.84. The first-order chi connectivity index (χ1) is 8.58. The number of hydrogen-bond acceptors (Lipinski definition) is 4. The van der Waals surface area contributed by atoms with Crippen LogP contribution in [-0.2, 0) is 6.54 Å². The van der Waals surface area contributed by atoms with Gasteiger partial charge in [-0.2, -0.15) is 0 Å². The Morgan fingerprint density at radius 3 is 2.63 bits per heavy atom. The van der Waals surface area contributed by atoms with Crippen molar-refractivity contribution in [1.82, 2.24) is 4.90 Å². The Hall–Kier alpha value is -1.17. The van der Waals surface area contributed by atoms with Gasteiger partial charge in [-0.15, -0.1) is 12.4 Å². The molecule has 1 heterocycles. The molecule has 0 atom stereocenters. The van der Waals surface area contributed by atoms with Gasteiger partial charge in [0.1, 0.15) is 0 Å². The molecule has 1 aromatic carbocycles. The van der Waals surface area contributed by atoms with Gasteiger partial charge in [0.25, 0.3) is 5.69 Å². The van der Waals surface area contributed by atoms with Crippen LogP contribution in [0.2, 0.25) is 0 Å². The number of nitrogens with zero attached hydrogens (tertiary/aromatic N) is 2. The van der Waals surface area contributed by atoms with Gasteiger partial charge in [-0.1, -0.05) is 12.1 Å². The highest BCUT2D eigenvalue weighted by Gasteiger charge is 2.19. The maximum atomic E-state index is 10.9. The van der Waals surface area contributed by atoms with E-state index in [-0.39, 0.29) is 23.0 Å². The smallest absolute Gasteiger partial charge is 0.272 e. The Labute approximate surface area is 119 Å². The molecule has 0 unspecified atom stereocenters. The number of rotatable bonds is 3. The molecule has 0 spiro atoms. The minimum absolute atomic E-state index is 0. The summed E-state index contributed by atoms with van der Waals surface area (Å²) in [6.45, 7) is 4.55. The lowest BCUT2D eigenvalue weighted by molar-refractivity contribution is -0.385. The number of halogens is 1. The average Bonchev–Trinajstić information content (AvgIpc) is 2.34. The van der Waals surface area contributed by atoms with Crippen LogP contribution in [0.1, 0.15) is 24.0 Å². The highest BCUT2D eigenvalue weighted by molar-refractivity contribution is 5.85. The topological polar surface area (TPSA) is 72.4 Å². The Kier molecular flexibility index (Phi) is 5.72. The molecule has 1 fully saturated rings. The van der Waals surface area contributed by atoms with Crippen LogP contribution in [0.25, 0.3) is 0 Å². The van der Waals surface area contributed by atoms with E-state index in [1.165, 1.54) is 0 Å². The van der Waals surface area contributed by atoms with Crippen molar-refractivity contribution in [1.29, 1.82) is 0 Å². The highest BCUT2D eigenvalue weighted by Crippen LogP contribution is 2.23. The molecular weight excluding hydrogens is 266 g/mol. The molecule has 0 radical (unpaired) electrons. The molecule has 1 aliphatic rings. The highest BCUT2D eigenvalue weighted by atomic mass is 35.5. The molecule has 5 nitrogen and oxygen atoms in total. The van der Waals surface area contributed by atoms with Gasteiger partial charge < -0.3 is 5.73 Å². The molecule has 0 aromatic heterocycles. The van der Waals surface area contributed by atoms with Gasteiger partial charge in [-0.3, -0.25) is 15.0 Å². The number of nitro groups is 1. The molecule has 0 aliphatic carbocycles. The van der Waals surface area contributed by atoms with Crippen LogP contribution < -0.4 is 5.73 Å². The number of piperidine rings is 1. The second-order valence-corrected chi connectivity index (χ2v) is 4.93. The van der Waals surface area contributed by atoms with E-state index in [9.17, 15) is 10.1 Å². The van der Waals surface area contributed by atoms with Crippen molar-refractivity contribution in [3.05, 3.63) is 39.4 Å². The number of likely N-dealkylation sites (tertiary alicyclic amines) is 1. The number of hydrogen-bond donors (Lipinski definition) is 1. The average molecular weight is 286 g/mol. The normalized spacial score (nSPS) is 16.9. The van der Waals surface area contributed by atoms with Gasteiger partial charge in [0, 0.05) is 24.2 Å². The van der Waals surface area contributed by atoms with Crippen molar-refractivity contribution in [3.8, 4) is 0 Å². The first kappa shape index (κ1) is 15.9. The molecule has 6 heteroatoms. The van der Waals surface area contributed by atoms with Crippen LogP contribution in [0, 0.1) is 17.0 Å². The molecule has 0 saturated carbocycles. The zero-order valence-electron chi connectivity index (χ0n) is 11.0. The van der Waals surface area contributed by atoms with Gasteiger partial charge in [0.05, 0.1) is 4.92 Å². The Morgan fingerprint density at radius 2 is 2.05 bits per heavy atom. The lowest BCUT2D eigenvalue weighted by atomic mass is 10.0. The van der Waals surface area contributed by atoms with E-state index >= 15 is 0 Å². The Morgan fingerprint density at radius 1 is 1.42 bits per heavy atom. The van der Waals surface area contributed by atoms with Gasteiger partial charge in [-0.05, 0) is 38.4 Å². The SMILES string of the molecule is Cc1c(CN2CCC(N)CC2)cccc1[N+](=O)[O-].Cl. The Balaban J connectivity index is 0.00000180. The summed E-state index contributed by atoms with van der Waals surface area (Å²) < 4.78 is 0. The van der Waals surface area contributed by atoms with Gasteiger partial charge in [0.2, 0.25) is 0 Å². The van der Waals surface area contributed by atoms with Gasteiger partial charge in [0.15, 0.2) is 0 Å². The van der Waals surface area contributed by atoms with E-state index in [0.717, 1.165) is 43.6 Å². The third-order valence-corrected chi connectivity index (χ3v) is 3.64. The quantitative estimate of drug-likeness (QED) is 0.683. The summed E-state index contributed by atoms with van der Waals surface area (Å²) in [7, 11) is 0. The maximum Gasteiger partial charge on any atom is 0.272 e. The van der Waals surface area contributed by atoms with E-state index in [4.69, 9.17) is 5.73 Å².